The van der Waals surface area contributed by atoms with E-state index in [0.717, 1.165) is 31.2 Å². The third-order valence-corrected chi connectivity index (χ3v) is 9.81. The molecule has 5 nitrogen and oxygen atoms in total. The molecule has 5 rings (SSSR count). The molecule has 2 saturated carbocycles. The van der Waals surface area contributed by atoms with Crippen molar-refractivity contribution in [2.24, 2.45) is 23.2 Å². The van der Waals surface area contributed by atoms with E-state index in [1.54, 1.807) is 24.3 Å². The Hall–Kier alpha value is -2.18. The number of fused-ring (bicyclic) bond motifs is 5. The molecule has 2 aromatic rings. The van der Waals surface area contributed by atoms with Crippen LogP contribution in [-0.4, -0.2) is 25.9 Å². The van der Waals surface area contributed by atoms with E-state index in [1.807, 2.05) is 19.1 Å². The summed E-state index contributed by atoms with van der Waals surface area (Å²) in [5.74, 6) is 1.53. The largest absolute Gasteiger partial charge is 0.508 e. The molecule has 0 bridgehead atoms. The first-order chi connectivity index (χ1) is 15.2. The molecule has 3 aliphatic rings. The molecule has 0 spiro atoms. The second kappa shape index (κ2) is 7.70. The minimum absolute atomic E-state index is 0.0125. The van der Waals surface area contributed by atoms with Crippen LogP contribution in [0, 0.1) is 30.1 Å². The van der Waals surface area contributed by atoms with Crippen LogP contribution in [0.25, 0.3) is 0 Å². The molecule has 0 saturated heterocycles. The second-order valence-corrected chi connectivity index (χ2v) is 12.0. The Morgan fingerprint density at radius 1 is 1.16 bits per heavy atom. The molecule has 0 radical (unpaired) electrons. The van der Waals surface area contributed by atoms with Gasteiger partial charge in [-0.1, -0.05) is 25.1 Å². The summed E-state index contributed by atoms with van der Waals surface area (Å²) < 4.78 is 28.7. The number of Topliss-reactive ketones (excluding diaryl/α,β-unsaturated/α-hetero) is 1. The van der Waals surface area contributed by atoms with Gasteiger partial charge in [0.1, 0.15) is 11.5 Å². The van der Waals surface area contributed by atoms with Gasteiger partial charge in [0, 0.05) is 18.4 Å². The maximum absolute atomic E-state index is 13.1. The molecule has 2 N–H and O–H groups in total. The van der Waals surface area contributed by atoms with Crippen molar-refractivity contribution < 1.29 is 18.3 Å². The van der Waals surface area contributed by atoms with Crippen LogP contribution >= 0.6 is 0 Å². The van der Waals surface area contributed by atoms with Gasteiger partial charge in [0.2, 0.25) is 10.0 Å². The smallest absolute Gasteiger partial charge is 0.240 e. The fourth-order valence-corrected chi connectivity index (χ4v) is 8.09. The minimum Gasteiger partial charge on any atom is -0.508 e. The van der Waals surface area contributed by atoms with Crippen molar-refractivity contribution in [2.45, 2.75) is 56.8 Å². The zero-order valence-electron chi connectivity index (χ0n) is 18.7. The summed E-state index contributed by atoms with van der Waals surface area (Å²) in [6.45, 7) is 4.29. The minimum atomic E-state index is -3.62. The third-order valence-electron chi connectivity index (χ3n) is 8.39. The van der Waals surface area contributed by atoms with Crippen molar-refractivity contribution in [3.8, 4) is 5.75 Å². The SMILES string of the molecule is Cc1cccc(S(=O)(=O)NC[C@H]2CC(=O)[C@@]3(C)CCC4c5ccc(O)cc5CCC4C23)c1. The highest BCUT2D eigenvalue weighted by molar-refractivity contribution is 7.89. The third kappa shape index (κ3) is 3.48. The number of aromatic hydroxyl groups is 1. The van der Waals surface area contributed by atoms with Crippen molar-refractivity contribution in [3.63, 3.8) is 0 Å². The lowest BCUT2D eigenvalue weighted by Crippen LogP contribution is -2.46. The monoisotopic (exact) mass is 453 g/mol. The fraction of sp³-hybridized carbons (Fsp3) is 0.500. The van der Waals surface area contributed by atoms with Crippen LogP contribution in [0.2, 0.25) is 0 Å². The van der Waals surface area contributed by atoms with Gasteiger partial charge in [0.05, 0.1) is 4.90 Å². The van der Waals surface area contributed by atoms with Crippen LogP contribution in [0.5, 0.6) is 5.75 Å². The van der Waals surface area contributed by atoms with E-state index in [4.69, 9.17) is 0 Å². The highest BCUT2D eigenvalue weighted by Gasteiger charge is 2.58. The second-order valence-electron chi connectivity index (χ2n) is 10.2. The molecule has 32 heavy (non-hydrogen) atoms. The van der Waals surface area contributed by atoms with Gasteiger partial charge in [-0.15, -0.1) is 0 Å². The van der Waals surface area contributed by atoms with Crippen LogP contribution in [0.4, 0.5) is 0 Å². The molecule has 2 aromatic carbocycles. The van der Waals surface area contributed by atoms with Gasteiger partial charge in [-0.2, -0.15) is 0 Å². The van der Waals surface area contributed by atoms with Crippen LogP contribution in [0.3, 0.4) is 0 Å². The summed E-state index contributed by atoms with van der Waals surface area (Å²) in [6, 6.07) is 12.6. The number of phenols is 1. The molecule has 0 heterocycles. The number of aryl methyl sites for hydroxylation is 2. The lowest BCUT2D eigenvalue weighted by Gasteiger charge is -2.49. The number of rotatable bonds is 4. The molecular weight excluding hydrogens is 422 g/mol. The van der Waals surface area contributed by atoms with E-state index in [1.165, 1.54) is 11.1 Å². The Balaban J connectivity index is 1.41. The number of hydrogen-bond donors (Lipinski definition) is 2. The molecule has 5 atom stereocenters. The van der Waals surface area contributed by atoms with Crippen LogP contribution < -0.4 is 4.72 Å². The standard InChI is InChI=1S/C26H31NO4S/c1-16-4-3-5-20(12-16)32(30,31)27-15-18-14-24(29)26(2)11-10-22-21-9-7-19(28)13-17(21)6-8-23(22)25(18)26/h3-5,7,9,12-13,18,22-23,25,27-28H,6,8,10-11,14-15H2,1-2H3/t18-,22?,23?,25?,26-/m1/s1. The molecule has 3 unspecified atom stereocenters. The summed E-state index contributed by atoms with van der Waals surface area (Å²) in [5.41, 5.74) is 3.06. The van der Waals surface area contributed by atoms with E-state index < -0.39 is 10.0 Å². The van der Waals surface area contributed by atoms with E-state index >= 15 is 0 Å². The zero-order valence-corrected chi connectivity index (χ0v) is 19.5. The number of ketones is 1. The summed E-state index contributed by atoms with van der Waals surface area (Å²) in [6.07, 6.45) is 4.15. The number of nitrogens with one attached hydrogen (secondary N) is 1. The first-order valence-electron chi connectivity index (χ1n) is 11.6. The predicted molar refractivity (Wildman–Crippen MR) is 123 cm³/mol. The maximum atomic E-state index is 13.1. The normalized spacial score (nSPS) is 31.6. The van der Waals surface area contributed by atoms with Crippen molar-refractivity contribution in [2.75, 3.05) is 6.54 Å². The molecule has 170 valence electrons. The molecule has 0 aliphatic heterocycles. The molecule has 0 aromatic heterocycles. The Morgan fingerprint density at radius 2 is 1.97 bits per heavy atom. The molecule has 3 aliphatic carbocycles. The quantitative estimate of drug-likeness (QED) is 0.722. The molecule has 2 fully saturated rings. The molecule has 0 amide bonds. The molecule has 6 heteroatoms. The fourth-order valence-electron chi connectivity index (χ4n) is 6.89. The first kappa shape index (κ1) is 21.7. The van der Waals surface area contributed by atoms with Crippen molar-refractivity contribution in [1.29, 1.82) is 0 Å². The summed E-state index contributed by atoms with van der Waals surface area (Å²) in [4.78, 5) is 13.4. The van der Waals surface area contributed by atoms with Crippen LogP contribution in [-0.2, 0) is 21.2 Å². The highest BCUT2D eigenvalue weighted by atomic mass is 32.2. The summed E-state index contributed by atoms with van der Waals surface area (Å²) >= 11 is 0. The van der Waals surface area contributed by atoms with Crippen LogP contribution in [0.15, 0.2) is 47.4 Å². The zero-order chi connectivity index (χ0) is 22.7. The van der Waals surface area contributed by atoms with Gasteiger partial charge in [-0.05, 0) is 97.2 Å². The number of carbonyl (C=O) groups excluding carboxylic acids is 1. The van der Waals surface area contributed by atoms with E-state index in [-0.39, 0.29) is 27.9 Å². The lowest BCUT2D eigenvalue weighted by molar-refractivity contribution is -0.129. The Morgan fingerprint density at radius 3 is 2.75 bits per heavy atom. The number of phenolic OH excluding ortho intramolecular Hbond substituents is 1. The average molecular weight is 454 g/mol. The van der Waals surface area contributed by atoms with Gasteiger partial charge in [0.15, 0.2) is 0 Å². The number of hydrogen-bond acceptors (Lipinski definition) is 4. The Bertz CT molecular complexity index is 1170. The number of benzene rings is 2. The van der Waals surface area contributed by atoms with E-state index in [9.17, 15) is 18.3 Å². The maximum Gasteiger partial charge on any atom is 0.240 e. The van der Waals surface area contributed by atoms with Gasteiger partial charge >= 0.3 is 0 Å². The van der Waals surface area contributed by atoms with E-state index in [0.29, 0.717) is 30.6 Å². The lowest BCUT2D eigenvalue weighted by atomic mass is 9.54. The van der Waals surface area contributed by atoms with Gasteiger partial charge in [0.25, 0.3) is 0 Å². The topological polar surface area (TPSA) is 83.5 Å². The van der Waals surface area contributed by atoms with Gasteiger partial charge < -0.3 is 5.11 Å². The van der Waals surface area contributed by atoms with Gasteiger partial charge in [-0.25, -0.2) is 13.1 Å². The van der Waals surface area contributed by atoms with Crippen molar-refractivity contribution in [1.82, 2.24) is 4.72 Å². The predicted octanol–water partition coefficient (Wildman–Crippen LogP) is 4.33. The average Bonchev–Trinajstić information content (AvgIpc) is 3.02. The Kier molecular flexibility index (Phi) is 5.21. The van der Waals surface area contributed by atoms with Gasteiger partial charge in [-0.3, -0.25) is 4.79 Å². The Labute approximate surface area is 190 Å². The van der Waals surface area contributed by atoms with Crippen molar-refractivity contribution >= 4 is 15.8 Å². The summed E-state index contributed by atoms with van der Waals surface area (Å²) in [7, 11) is -3.62. The number of carbonyl (C=O) groups is 1. The van der Waals surface area contributed by atoms with E-state index in [2.05, 4.69) is 17.7 Å². The van der Waals surface area contributed by atoms with Crippen molar-refractivity contribution in [3.05, 3.63) is 59.2 Å². The first-order valence-corrected chi connectivity index (χ1v) is 13.1. The molecular formula is C26H31NO4S. The van der Waals surface area contributed by atoms with Crippen LogP contribution in [0.1, 0.15) is 55.2 Å². The highest BCUT2D eigenvalue weighted by Crippen LogP contribution is 2.61. The number of sulfonamides is 1. The summed E-state index contributed by atoms with van der Waals surface area (Å²) in [5, 5.41) is 9.90.